The molecule has 1 heterocycles. The van der Waals surface area contributed by atoms with Gasteiger partial charge in [-0.15, -0.1) is 0 Å². The van der Waals surface area contributed by atoms with E-state index >= 15 is 4.79 Å². The molecular formula is C131H180N2O2. The van der Waals surface area contributed by atoms with Gasteiger partial charge in [-0.05, 0) is 181 Å². The van der Waals surface area contributed by atoms with Gasteiger partial charge in [0, 0.05) is 73.5 Å². The van der Waals surface area contributed by atoms with Crippen LogP contribution >= 0.6 is 0 Å². The molecule has 10 aromatic carbocycles. The van der Waals surface area contributed by atoms with E-state index in [4.69, 9.17) is 4.42 Å². The lowest BCUT2D eigenvalue weighted by Crippen LogP contribution is -2.28. The number of nitrogens with zero attached hydrogens (tertiary/aromatic N) is 2. The summed E-state index contributed by atoms with van der Waals surface area (Å²) in [4.78, 5) is 20.1. The molecule has 1 aromatic heterocycles. The van der Waals surface area contributed by atoms with E-state index in [0.29, 0.717) is 16.7 Å². The predicted octanol–water partition coefficient (Wildman–Crippen LogP) is 41.5. The highest BCUT2D eigenvalue weighted by molar-refractivity contribution is 5.87. The number of unbranched alkanes of at least 4 members (excludes halogenated alkanes) is 40. The Kier molecular flexibility index (Phi) is 47.3. The van der Waals surface area contributed by atoms with Gasteiger partial charge in [-0.3, -0.25) is 4.79 Å². The van der Waals surface area contributed by atoms with E-state index in [1.807, 2.05) is 6.07 Å². The minimum atomic E-state index is -0.129. The van der Waals surface area contributed by atoms with Crippen molar-refractivity contribution in [3.8, 4) is 11.3 Å². The fourth-order valence-electron chi connectivity index (χ4n) is 23.0. The average Bonchev–Trinajstić information content (AvgIpc) is 0.795. The van der Waals surface area contributed by atoms with Gasteiger partial charge >= 0.3 is 0 Å². The van der Waals surface area contributed by atoms with Gasteiger partial charge in [0.1, 0.15) is 11.3 Å². The third-order valence-electron chi connectivity index (χ3n) is 31.1. The van der Waals surface area contributed by atoms with Gasteiger partial charge in [0.05, 0.1) is 5.39 Å². The van der Waals surface area contributed by atoms with Crippen molar-refractivity contribution in [3.63, 3.8) is 0 Å². The van der Waals surface area contributed by atoms with Crippen LogP contribution in [0.5, 0.6) is 0 Å². The summed E-state index contributed by atoms with van der Waals surface area (Å²) >= 11 is 0. The molecule has 135 heavy (non-hydrogen) atoms. The molecule has 4 heteroatoms. The summed E-state index contributed by atoms with van der Waals surface area (Å²) in [6.07, 6.45) is 70.3. The minimum Gasteiger partial charge on any atom is -0.456 e. The second kappa shape index (κ2) is 60.0. The summed E-state index contributed by atoms with van der Waals surface area (Å²) < 4.78 is 7.29. The molecule has 0 aliphatic heterocycles. The second-order valence-electron chi connectivity index (χ2n) is 41.0. The number of hydrogen-bond donors (Lipinski definition) is 0. The standard InChI is InChI=1S/C131H180N2O2/c1-9-17-25-33-41-61-99-128(110-69-53-49-54-70-110,100-62-42-34-26-18-10-2)114-79-89-119(90-80-114)132(120-91-81-115(82-92-120)129(111-71-55-50-56-72-111,101-63-43-35-27-19-11-3)102-64-44-36-28-20-12-4)118-87-77-109(78-88-118)126-108-125(134)124-98-97-123(107-127(124)135-126)133(121-93-83-116(84-94-121)130(112-73-57-51-58-74-112,103-65-45-37-29-21-13-5)104-66-46-38-30-22-14-6)122-95-85-117(86-96-122)131(113-75-59-52-60-76-113,105-67-47-39-31-23-15-7)106-68-48-40-32-24-16-8/h49-60,69-98,107-108H,9-48,61-68,99-106H2,1-8H3. The lowest BCUT2D eigenvalue weighted by atomic mass is 9.67. The predicted molar refractivity (Wildman–Crippen MR) is 590 cm³/mol. The number of anilines is 6. The molecular weight excluding hydrogens is 1630 g/mol. The van der Waals surface area contributed by atoms with Crippen molar-refractivity contribution >= 4 is 45.1 Å². The van der Waals surface area contributed by atoms with E-state index in [9.17, 15) is 0 Å². The fourth-order valence-corrected chi connectivity index (χ4v) is 23.0. The maximum Gasteiger partial charge on any atom is 0.193 e. The van der Waals surface area contributed by atoms with Crippen molar-refractivity contribution in [1.82, 2.24) is 0 Å². The zero-order valence-corrected chi connectivity index (χ0v) is 86.2. The van der Waals surface area contributed by atoms with Crippen LogP contribution in [-0.2, 0) is 21.7 Å². The lowest BCUT2D eigenvalue weighted by molar-refractivity contribution is 0.390. The largest absolute Gasteiger partial charge is 0.456 e. The van der Waals surface area contributed by atoms with Crippen LogP contribution < -0.4 is 15.2 Å². The molecule has 0 unspecified atom stereocenters. The minimum absolute atomic E-state index is 0.0518. The lowest BCUT2D eigenvalue weighted by Gasteiger charge is -2.37. The van der Waals surface area contributed by atoms with Crippen molar-refractivity contribution in [2.75, 3.05) is 9.80 Å². The van der Waals surface area contributed by atoms with Gasteiger partial charge in [-0.2, -0.15) is 0 Å². The van der Waals surface area contributed by atoms with Crippen LogP contribution in [0.25, 0.3) is 22.3 Å². The van der Waals surface area contributed by atoms with Crippen LogP contribution in [0.15, 0.2) is 276 Å². The zero-order chi connectivity index (χ0) is 94.5. The average molecular weight is 1810 g/mol. The Labute approximate surface area is 823 Å². The molecule has 4 nitrogen and oxygen atoms in total. The molecule has 0 spiro atoms. The highest BCUT2D eigenvalue weighted by Crippen LogP contribution is 2.51. The van der Waals surface area contributed by atoms with E-state index in [2.05, 4.69) is 320 Å². The maximum absolute atomic E-state index is 15.1. The topological polar surface area (TPSA) is 36.7 Å². The highest BCUT2D eigenvalue weighted by Gasteiger charge is 2.39. The zero-order valence-electron chi connectivity index (χ0n) is 86.2. The highest BCUT2D eigenvalue weighted by atomic mass is 16.3. The van der Waals surface area contributed by atoms with Gasteiger partial charge in [0.15, 0.2) is 5.43 Å². The second-order valence-corrected chi connectivity index (χ2v) is 41.0. The van der Waals surface area contributed by atoms with Gasteiger partial charge in [0.2, 0.25) is 0 Å². The van der Waals surface area contributed by atoms with Gasteiger partial charge in [0.25, 0.3) is 0 Å². The third-order valence-corrected chi connectivity index (χ3v) is 31.1. The van der Waals surface area contributed by atoms with Crippen molar-refractivity contribution < 1.29 is 4.42 Å². The van der Waals surface area contributed by atoms with E-state index in [1.54, 1.807) is 6.07 Å². The maximum atomic E-state index is 15.1. The van der Waals surface area contributed by atoms with Crippen LogP contribution in [0.2, 0.25) is 0 Å². The Morgan fingerprint density at radius 1 is 0.193 bits per heavy atom. The molecule has 0 aliphatic carbocycles. The van der Waals surface area contributed by atoms with Crippen molar-refractivity contribution in [2.24, 2.45) is 0 Å². The van der Waals surface area contributed by atoms with Crippen LogP contribution in [0.4, 0.5) is 34.1 Å². The summed E-state index contributed by atoms with van der Waals surface area (Å²) in [5.41, 5.74) is 18.8. The third kappa shape index (κ3) is 31.3. The van der Waals surface area contributed by atoms with Gasteiger partial charge in [-0.25, -0.2) is 0 Å². The first-order chi connectivity index (χ1) is 66.6. The molecule has 0 saturated heterocycles. The molecule has 11 aromatic rings. The quantitative estimate of drug-likeness (QED) is 0.0356. The Morgan fingerprint density at radius 3 is 0.600 bits per heavy atom. The molecule has 0 bridgehead atoms. The fraction of sp³-hybridized carbons (Fsp3) is 0.519. The van der Waals surface area contributed by atoms with Crippen LogP contribution in [0, 0.1) is 0 Å². The first-order valence-corrected chi connectivity index (χ1v) is 56.0. The van der Waals surface area contributed by atoms with Crippen LogP contribution in [0.3, 0.4) is 0 Å². The van der Waals surface area contributed by atoms with Crippen molar-refractivity contribution in [3.05, 3.63) is 322 Å². The number of hydrogen-bond acceptors (Lipinski definition) is 4. The molecule has 11 rings (SSSR count). The Morgan fingerprint density at radius 2 is 0.378 bits per heavy atom. The van der Waals surface area contributed by atoms with Crippen LogP contribution in [-0.4, -0.2) is 0 Å². The molecule has 0 saturated carbocycles. The number of rotatable bonds is 71. The molecule has 0 fully saturated rings. The first kappa shape index (κ1) is 106. The number of fused-ring (bicyclic) bond motifs is 1. The first-order valence-electron chi connectivity index (χ1n) is 56.0. The Bertz CT molecular complexity index is 4680. The molecule has 0 N–H and O–H groups in total. The summed E-state index contributed by atoms with van der Waals surface area (Å²) in [5, 5.41) is 0.572. The molecule has 0 radical (unpaired) electrons. The summed E-state index contributed by atoms with van der Waals surface area (Å²) in [5.74, 6) is 0.554. The van der Waals surface area contributed by atoms with E-state index < -0.39 is 0 Å². The monoisotopic (exact) mass is 1810 g/mol. The van der Waals surface area contributed by atoms with E-state index in [0.717, 1.165) is 91.1 Å². The SMILES string of the molecule is CCCCCCCCC(CCCCCCCC)(c1ccccc1)c1ccc(N(c2ccc(-c3cc(=O)c4ccc(N(c5ccc(C(CCCCCCCC)(CCCCCCCC)c6ccccc6)cc5)c5ccc(C(CCCCCCCC)(CCCCCCCC)c6ccccc6)cc5)cc4o3)cc2)c2ccc(C(CCCCCCCC)(CCCCCCCC)c3ccccc3)cc2)cc1. The van der Waals surface area contributed by atoms with Gasteiger partial charge in [-0.1, -0.05) is 533 Å². The molecule has 726 valence electrons. The molecule has 0 atom stereocenters. The normalized spacial score (nSPS) is 12.1. The van der Waals surface area contributed by atoms with E-state index in [-0.39, 0.29) is 27.1 Å². The molecule has 0 aliphatic rings. The van der Waals surface area contributed by atoms with Crippen LogP contribution in [0.1, 0.15) is 459 Å². The smallest absolute Gasteiger partial charge is 0.193 e. The van der Waals surface area contributed by atoms with Crippen molar-refractivity contribution in [1.29, 1.82) is 0 Å². The van der Waals surface area contributed by atoms with Gasteiger partial charge < -0.3 is 14.2 Å². The van der Waals surface area contributed by atoms with E-state index in [1.165, 1.54) is 353 Å². The summed E-state index contributed by atoms with van der Waals surface area (Å²) in [6, 6.07) is 103. The Balaban J connectivity index is 1.03. The van der Waals surface area contributed by atoms with Crippen molar-refractivity contribution in [2.45, 2.75) is 437 Å². The number of benzene rings is 10. The molecule has 0 amide bonds. The summed E-state index contributed by atoms with van der Waals surface area (Å²) in [6.45, 7) is 18.7. The summed E-state index contributed by atoms with van der Waals surface area (Å²) in [7, 11) is 0. The Hall–Kier alpha value is -8.99.